The fourth-order valence-electron chi connectivity index (χ4n) is 4.87. The summed E-state index contributed by atoms with van der Waals surface area (Å²) in [5.41, 5.74) is -1.16. The Labute approximate surface area is 229 Å². The summed E-state index contributed by atoms with van der Waals surface area (Å²) in [6.07, 6.45) is -7.26. The van der Waals surface area contributed by atoms with E-state index in [1.165, 1.54) is 12.1 Å². The summed E-state index contributed by atoms with van der Waals surface area (Å²) >= 11 is 0. The van der Waals surface area contributed by atoms with Crippen LogP contribution < -0.4 is 0 Å². The molecule has 2 aliphatic heterocycles. The van der Waals surface area contributed by atoms with Gasteiger partial charge in [0, 0.05) is 11.1 Å². The Morgan fingerprint density at radius 3 is 1.98 bits per heavy atom. The van der Waals surface area contributed by atoms with Gasteiger partial charge >= 0.3 is 18.4 Å². The first-order valence-electron chi connectivity index (χ1n) is 12.5. The third-order valence-corrected chi connectivity index (χ3v) is 6.73. The van der Waals surface area contributed by atoms with Crippen LogP contribution in [0.4, 0.5) is 35.1 Å². The minimum atomic E-state index is -5.84. The molecule has 2 heterocycles. The van der Waals surface area contributed by atoms with E-state index in [1.807, 2.05) is 6.92 Å². The monoisotopic (exact) mass is 586 g/mol. The van der Waals surface area contributed by atoms with Crippen LogP contribution >= 0.6 is 0 Å². The van der Waals surface area contributed by atoms with Crippen LogP contribution in [0.5, 0.6) is 0 Å². The maximum absolute atomic E-state index is 14.9. The second-order valence-electron chi connectivity index (χ2n) is 9.74. The zero-order valence-electron chi connectivity index (χ0n) is 21.3. The molecule has 0 N–H and O–H groups in total. The van der Waals surface area contributed by atoms with Crippen molar-refractivity contribution in [2.75, 3.05) is 13.2 Å². The minimum absolute atomic E-state index is 0.000684. The van der Waals surface area contributed by atoms with Crippen LogP contribution in [0, 0.1) is 17.5 Å². The SMILES string of the molecule is CCCC12COC(c3ccc(-c4ccc(/C=C/c5cc(F)c(C(F)(F)OC(F)(F)F)c(F)c5)c(F)c4)cc3)(OC1)O2. The van der Waals surface area contributed by atoms with Gasteiger partial charge in [0.25, 0.3) is 0 Å². The molecule has 2 fully saturated rings. The molecule has 41 heavy (non-hydrogen) atoms. The Morgan fingerprint density at radius 2 is 1.41 bits per heavy atom. The average Bonchev–Trinajstić information content (AvgIpc) is 3.43. The molecule has 0 atom stereocenters. The van der Waals surface area contributed by atoms with Crippen molar-refractivity contribution in [3.05, 3.63) is 94.3 Å². The van der Waals surface area contributed by atoms with Crippen molar-refractivity contribution in [1.82, 2.24) is 0 Å². The highest BCUT2D eigenvalue weighted by atomic mass is 19.4. The Morgan fingerprint density at radius 1 is 0.805 bits per heavy atom. The first-order chi connectivity index (χ1) is 19.2. The van der Waals surface area contributed by atoms with Crippen molar-refractivity contribution in [2.24, 2.45) is 0 Å². The number of fused-ring (bicyclic) bond motifs is 2. The molecular weight excluding hydrogens is 564 g/mol. The third-order valence-electron chi connectivity index (χ3n) is 6.73. The van der Waals surface area contributed by atoms with E-state index >= 15 is 0 Å². The quantitative estimate of drug-likeness (QED) is 0.197. The molecule has 0 amide bonds. The predicted octanol–water partition coefficient (Wildman–Crippen LogP) is 8.25. The average molecular weight is 586 g/mol. The largest absolute Gasteiger partial charge is 0.527 e. The van der Waals surface area contributed by atoms with Crippen molar-refractivity contribution < 1.29 is 54.1 Å². The van der Waals surface area contributed by atoms with Crippen molar-refractivity contribution in [1.29, 1.82) is 0 Å². The van der Waals surface area contributed by atoms with Crippen LogP contribution in [0.3, 0.4) is 0 Å². The fourth-order valence-corrected chi connectivity index (χ4v) is 4.87. The summed E-state index contributed by atoms with van der Waals surface area (Å²) in [6, 6.07) is 12.0. The topological polar surface area (TPSA) is 36.9 Å². The lowest BCUT2D eigenvalue weighted by Crippen LogP contribution is -2.35. The van der Waals surface area contributed by atoms with Crippen molar-refractivity contribution in [2.45, 2.75) is 43.8 Å². The van der Waals surface area contributed by atoms with Crippen molar-refractivity contribution >= 4 is 12.2 Å². The highest BCUT2D eigenvalue weighted by Gasteiger charge is 2.59. The molecule has 0 aromatic heterocycles. The van der Waals surface area contributed by atoms with Gasteiger partial charge in [0.15, 0.2) is 0 Å². The van der Waals surface area contributed by atoms with Gasteiger partial charge in [0.2, 0.25) is 0 Å². The first kappa shape index (κ1) is 29.2. The Balaban J connectivity index is 1.31. The molecule has 218 valence electrons. The van der Waals surface area contributed by atoms with Gasteiger partial charge in [-0.1, -0.05) is 61.9 Å². The normalized spacial score (nSPS) is 22.7. The molecule has 0 radical (unpaired) electrons. The van der Waals surface area contributed by atoms with E-state index in [0.29, 0.717) is 42.0 Å². The zero-order valence-corrected chi connectivity index (χ0v) is 21.3. The zero-order chi connectivity index (χ0) is 29.6. The van der Waals surface area contributed by atoms with Crippen molar-refractivity contribution in [3.8, 4) is 11.1 Å². The Hall–Kier alpha value is -3.32. The molecule has 0 spiro atoms. The summed E-state index contributed by atoms with van der Waals surface area (Å²) in [5, 5.41) is 0. The van der Waals surface area contributed by atoms with Gasteiger partial charge in [0.1, 0.15) is 28.6 Å². The van der Waals surface area contributed by atoms with E-state index in [0.717, 1.165) is 25.0 Å². The standard InChI is InChI=1S/C29H22F8O4/c1-2-11-26-15-38-28(40-26,39-16-26)21-9-7-18(8-10-21)20-6-5-19(22(30)14-20)4-3-17-12-23(31)25(24(32)13-17)27(33,34)41-29(35,36)37/h3-10,12-14H,2,11,15-16H2,1H3/b4-3+. The van der Waals surface area contributed by atoms with Gasteiger partial charge in [-0.2, -0.15) is 8.78 Å². The van der Waals surface area contributed by atoms with Crippen LogP contribution in [0.25, 0.3) is 23.3 Å². The van der Waals surface area contributed by atoms with Crippen molar-refractivity contribution in [3.63, 3.8) is 0 Å². The van der Waals surface area contributed by atoms with E-state index in [1.54, 1.807) is 30.3 Å². The number of alkyl halides is 5. The van der Waals surface area contributed by atoms with Crippen LogP contribution in [-0.4, -0.2) is 25.2 Å². The Kier molecular flexibility index (Phi) is 7.48. The lowest BCUT2D eigenvalue weighted by Gasteiger charge is -2.24. The fraction of sp³-hybridized carbons (Fsp3) is 0.310. The molecule has 5 rings (SSSR count). The van der Waals surface area contributed by atoms with Gasteiger partial charge < -0.3 is 14.2 Å². The van der Waals surface area contributed by atoms with Gasteiger partial charge in [-0.25, -0.2) is 17.9 Å². The lowest BCUT2D eigenvalue weighted by molar-refractivity contribution is -0.432. The number of rotatable bonds is 8. The van der Waals surface area contributed by atoms with Crippen LogP contribution in [0.15, 0.2) is 54.6 Å². The van der Waals surface area contributed by atoms with Gasteiger partial charge in [-0.3, -0.25) is 0 Å². The Bertz CT molecular complexity index is 1440. The third kappa shape index (κ3) is 5.87. The predicted molar refractivity (Wildman–Crippen MR) is 130 cm³/mol. The lowest BCUT2D eigenvalue weighted by atomic mass is 10.0. The molecule has 0 saturated carbocycles. The smallest absolute Gasteiger partial charge is 0.320 e. The van der Waals surface area contributed by atoms with E-state index in [4.69, 9.17) is 14.2 Å². The number of benzene rings is 3. The van der Waals surface area contributed by atoms with E-state index < -0.39 is 47.1 Å². The maximum Gasteiger partial charge on any atom is 0.527 e. The molecule has 0 aliphatic carbocycles. The molecule has 4 nitrogen and oxygen atoms in total. The molecule has 12 heteroatoms. The van der Waals surface area contributed by atoms with E-state index in [-0.39, 0.29) is 11.1 Å². The minimum Gasteiger partial charge on any atom is -0.320 e. The second kappa shape index (κ2) is 10.5. The number of hydrogen-bond donors (Lipinski definition) is 0. The highest BCUT2D eigenvalue weighted by molar-refractivity contribution is 5.73. The summed E-state index contributed by atoms with van der Waals surface area (Å²) < 4.78 is 127. The second-order valence-corrected chi connectivity index (χ2v) is 9.74. The molecule has 0 unspecified atom stereocenters. The summed E-state index contributed by atoms with van der Waals surface area (Å²) in [7, 11) is 0. The van der Waals surface area contributed by atoms with Crippen LogP contribution in [0.1, 0.15) is 42.0 Å². The molecule has 3 aromatic carbocycles. The molecule has 2 bridgehead atoms. The van der Waals surface area contributed by atoms with Gasteiger partial charge in [-0.15, -0.1) is 13.2 Å². The van der Waals surface area contributed by atoms with E-state index in [2.05, 4.69) is 4.74 Å². The molecule has 3 aromatic rings. The van der Waals surface area contributed by atoms with E-state index in [9.17, 15) is 35.1 Å². The van der Waals surface area contributed by atoms with Gasteiger partial charge in [-0.05, 0) is 41.3 Å². The molecule has 2 aliphatic rings. The number of ether oxygens (including phenoxy) is 4. The van der Waals surface area contributed by atoms with Crippen LogP contribution in [0.2, 0.25) is 0 Å². The summed E-state index contributed by atoms with van der Waals surface area (Å²) in [5.74, 6) is -5.91. The molecular formula is C29H22F8O4. The highest BCUT2D eigenvalue weighted by Crippen LogP contribution is 2.49. The summed E-state index contributed by atoms with van der Waals surface area (Å²) in [6.45, 7) is 2.89. The number of hydrogen-bond acceptors (Lipinski definition) is 4. The molecule has 2 saturated heterocycles. The first-order valence-corrected chi connectivity index (χ1v) is 12.5. The number of halogens is 8. The van der Waals surface area contributed by atoms with Crippen LogP contribution in [-0.2, 0) is 31.0 Å². The van der Waals surface area contributed by atoms with Gasteiger partial charge in [0.05, 0.1) is 13.2 Å². The summed E-state index contributed by atoms with van der Waals surface area (Å²) in [4.78, 5) is 0. The maximum atomic E-state index is 14.9.